The predicted octanol–water partition coefficient (Wildman–Crippen LogP) is 0.340. The standard InChI is InChI=1S/C11H11N3O6/c15-8(2-9(16)17)10(18)5-1-6-7(14(19)20)4-13-11(6)12-3-5/h1,3-4,8,10,15,18H,2H2,(H,12,13)(H,16,17). The molecule has 2 unspecified atom stereocenters. The summed E-state index contributed by atoms with van der Waals surface area (Å²) >= 11 is 0. The second-order valence-corrected chi connectivity index (χ2v) is 4.21. The number of carboxylic acids is 1. The SMILES string of the molecule is O=C(O)CC(O)C(O)c1cnc2[nH]cc([N+](=O)[O-])c2c1. The van der Waals surface area contributed by atoms with E-state index < -0.39 is 29.5 Å². The van der Waals surface area contributed by atoms with Crippen LogP contribution in [0.1, 0.15) is 18.1 Å². The number of nitrogens with one attached hydrogen (secondary N) is 1. The topological polar surface area (TPSA) is 150 Å². The van der Waals surface area contributed by atoms with E-state index in [9.17, 15) is 25.1 Å². The number of aromatic nitrogens is 2. The zero-order chi connectivity index (χ0) is 14.9. The van der Waals surface area contributed by atoms with Gasteiger partial charge in [-0.2, -0.15) is 0 Å². The lowest BCUT2D eigenvalue weighted by atomic mass is 10.0. The van der Waals surface area contributed by atoms with Gasteiger partial charge in [-0.3, -0.25) is 14.9 Å². The molecular weight excluding hydrogens is 270 g/mol. The van der Waals surface area contributed by atoms with E-state index in [1.807, 2.05) is 0 Å². The molecule has 0 spiro atoms. The average Bonchev–Trinajstić information content (AvgIpc) is 2.79. The van der Waals surface area contributed by atoms with Crippen LogP contribution in [0.15, 0.2) is 18.5 Å². The zero-order valence-electron chi connectivity index (χ0n) is 10.1. The minimum Gasteiger partial charge on any atom is -0.481 e. The number of nitrogens with zero attached hydrogens (tertiary/aromatic N) is 2. The molecule has 2 aromatic rings. The highest BCUT2D eigenvalue weighted by molar-refractivity contribution is 5.86. The van der Waals surface area contributed by atoms with Gasteiger partial charge >= 0.3 is 5.97 Å². The number of carboxylic acid groups (broad SMARTS) is 1. The van der Waals surface area contributed by atoms with Gasteiger partial charge < -0.3 is 20.3 Å². The van der Waals surface area contributed by atoms with Gasteiger partial charge in [0.25, 0.3) is 5.69 Å². The summed E-state index contributed by atoms with van der Waals surface area (Å²) in [6.45, 7) is 0. The molecule has 0 fully saturated rings. The molecule has 2 atom stereocenters. The normalized spacial score (nSPS) is 14.1. The molecule has 0 amide bonds. The number of hydrogen-bond donors (Lipinski definition) is 4. The monoisotopic (exact) mass is 281 g/mol. The number of aliphatic carboxylic acids is 1. The number of hydrogen-bond acceptors (Lipinski definition) is 6. The van der Waals surface area contributed by atoms with Crippen LogP contribution in [0.2, 0.25) is 0 Å². The van der Waals surface area contributed by atoms with E-state index in [0.29, 0.717) is 0 Å². The lowest BCUT2D eigenvalue weighted by Gasteiger charge is -2.15. The van der Waals surface area contributed by atoms with Crippen molar-refractivity contribution >= 4 is 22.7 Å². The summed E-state index contributed by atoms with van der Waals surface area (Å²) in [4.78, 5) is 27.2. The molecule has 4 N–H and O–H groups in total. The molecule has 0 saturated carbocycles. The molecule has 20 heavy (non-hydrogen) atoms. The van der Waals surface area contributed by atoms with Crippen molar-refractivity contribution < 1.29 is 25.0 Å². The predicted molar refractivity (Wildman–Crippen MR) is 66.0 cm³/mol. The molecule has 2 rings (SSSR count). The van der Waals surface area contributed by atoms with Crippen molar-refractivity contribution in [2.75, 3.05) is 0 Å². The largest absolute Gasteiger partial charge is 0.481 e. The lowest BCUT2D eigenvalue weighted by Crippen LogP contribution is -2.21. The van der Waals surface area contributed by atoms with E-state index >= 15 is 0 Å². The Morgan fingerprint density at radius 1 is 1.50 bits per heavy atom. The van der Waals surface area contributed by atoms with E-state index in [1.165, 1.54) is 18.5 Å². The summed E-state index contributed by atoms with van der Waals surface area (Å²) in [5, 5.41) is 38.9. The first-order valence-electron chi connectivity index (χ1n) is 5.59. The molecule has 0 aliphatic heterocycles. The van der Waals surface area contributed by atoms with Crippen LogP contribution in [-0.2, 0) is 4.79 Å². The summed E-state index contributed by atoms with van der Waals surface area (Å²) in [7, 11) is 0. The number of rotatable bonds is 5. The Morgan fingerprint density at radius 2 is 2.20 bits per heavy atom. The van der Waals surface area contributed by atoms with E-state index in [2.05, 4.69) is 9.97 Å². The maximum atomic E-state index is 10.8. The summed E-state index contributed by atoms with van der Waals surface area (Å²) in [5.41, 5.74) is 0.156. The summed E-state index contributed by atoms with van der Waals surface area (Å²) in [6.07, 6.45) is -1.27. The first-order valence-corrected chi connectivity index (χ1v) is 5.59. The highest BCUT2D eigenvalue weighted by Gasteiger charge is 2.23. The number of pyridine rings is 1. The molecule has 9 heteroatoms. The van der Waals surface area contributed by atoms with Crippen LogP contribution in [0, 0.1) is 10.1 Å². The quantitative estimate of drug-likeness (QED) is 0.455. The van der Waals surface area contributed by atoms with Gasteiger partial charge in [0.1, 0.15) is 11.8 Å². The number of carbonyl (C=O) groups is 1. The third kappa shape index (κ3) is 2.58. The third-order valence-electron chi connectivity index (χ3n) is 2.82. The number of nitro groups is 1. The molecule has 0 aliphatic carbocycles. The highest BCUT2D eigenvalue weighted by atomic mass is 16.6. The van der Waals surface area contributed by atoms with Gasteiger partial charge in [-0.25, -0.2) is 4.98 Å². The molecule has 0 aromatic carbocycles. The molecule has 9 nitrogen and oxygen atoms in total. The molecule has 0 radical (unpaired) electrons. The first-order chi connectivity index (χ1) is 9.40. The molecule has 2 aromatic heterocycles. The second-order valence-electron chi connectivity index (χ2n) is 4.21. The maximum Gasteiger partial charge on any atom is 0.306 e. The Hall–Kier alpha value is -2.52. The van der Waals surface area contributed by atoms with Gasteiger partial charge in [0.05, 0.1) is 29.0 Å². The Labute approximate surface area is 111 Å². The summed E-state index contributed by atoms with van der Waals surface area (Å²) in [5.74, 6) is -1.27. The summed E-state index contributed by atoms with van der Waals surface area (Å²) in [6, 6.07) is 1.30. The van der Waals surface area contributed by atoms with Crippen LogP contribution in [0.5, 0.6) is 0 Å². The first kappa shape index (κ1) is 13.9. The average molecular weight is 281 g/mol. The fraction of sp³-hybridized carbons (Fsp3) is 0.273. The molecule has 2 heterocycles. The zero-order valence-corrected chi connectivity index (χ0v) is 10.1. The van der Waals surface area contributed by atoms with Gasteiger partial charge in [0.15, 0.2) is 0 Å². The Morgan fingerprint density at radius 3 is 2.80 bits per heavy atom. The number of aromatic amines is 1. The van der Waals surface area contributed by atoms with Crippen molar-refractivity contribution in [2.45, 2.75) is 18.6 Å². The number of aliphatic hydroxyl groups excluding tert-OH is 2. The molecule has 0 saturated heterocycles. The molecule has 106 valence electrons. The number of aliphatic hydroxyl groups is 2. The second kappa shape index (κ2) is 5.23. The van der Waals surface area contributed by atoms with Crippen molar-refractivity contribution in [1.82, 2.24) is 9.97 Å². The van der Waals surface area contributed by atoms with Crippen LogP contribution >= 0.6 is 0 Å². The van der Waals surface area contributed by atoms with Crippen LogP contribution in [0.3, 0.4) is 0 Å². The van der Waals surface area contributed by atoms with Gasteiger partial charge in [-0.05, 0) is 6.07 Å². The van der Waals surface area contributed by atoms with Crippen LogP contribution in [-0.4, -0.2) is 42.3 Å². The van der Waals surface area contributed by atoms with Crippen molar-refractivity contribution in [2.24, 2.45) is 0 Å². The van der Waals surface area contributed by atoms with Gasteiger partial charge in [0, 0.05) is 11.8 Å². The van der Waals surface area contributed by atoms with Crippen molar-refractivity contribution in [1.29, 1.82) is 0 Å². The molecular formula is C11H11N3O6. The maximum absolute atomic E-state index is 10.8. The molecule has 0 aliphatic rings. The van der Waals surface area contributed by atoms with E-state index in [-0.39, 0.29) is 22.3 Å². The van der Waals surface area contributed by atoms with Gasteiger partial charge in [-0.15, -0.1) is 0 Å². The van der Waals surface area contributed by atoms with E-state index in [1.54, 1.807) is 0 Å². The van der Waals surface area contributed by atoms with Gasteiger partial charge in [0.2, 0.25) is 0 Å². The fourth-order valence-electron chi connectivity index (χ4n) is 1.83. The van der Waals surface area contributed by atoms with Gasteiger partial charge in [-0.1, -0.05) is 0 Å². The summed E-state index contributed by atoms with van der Waals surface area (Å²) < 4.78 is 0. The van der Waals surface area contributed by atoms with Crippen molar-refractivity contribution in [3.63, 3.8) is 0 Å². The van der Waals surface area contributed by atoms with Crippen LogP contribution in [0.25, 0.3) is 11.0 Å². The number of H-pyrrole nitrogens is 1. The minimum absolute atomic E-state index is 0.106. The third-order valence-corrected chi connectivity index (χ3v) is 2.82. The Balaban J connectivity index is 2.37. The smallest absolute Gasteiger partial charge is 0.306 e. The lowest BCUT2D eigenvalue weighted by molar-refractivity contribution is -0.383. The van der Waals surface area contributed by atoms with E-state index in [0.717, 1.165) is 0 Å². The minimum atomic E-state index is -1.52. The fourth-order valence-corrected chi connectivity index (χ4v) is 1.83. The Bertz CT molecular complexity index is 667. The Kier molecular flexibility index (Phi) is 3.63. The van der Waals surface area contributed by atoms with Crippen LogP contribution in [0.4, 0.5) is 5.69 Å². The van der Waals surface area contributed by atoms with Crippen LogP contribution < -0.4 is 0 Å². The van der Waals surface area contributed by atoms with Crippen molar-refractivity contribution in [3.8, 4) is 0 Å². The number of fused-ring (bicyclic) bond motifs is 1. The van der Waals surface area contributed by atoms with E-state index in [4.69, 9.17) is 5.11 Å². The molecule has 0 bridgehead atoms. The highest BCUT2D eigenvalue weighted by Crippen LogP contribution is 2.27. The van der Waals surface area contributed by atoms with Crippen molar-refractivity contribution in [3.05, 3.63) is 34.1 Å².